The van der Waals surface area contributed by atoms with Crippen LogP contribution in [0.25, 0.3) is 0 Å². The highest BCUT2D eigenvalue weighted by Crippen LogP contribution is 2.26. The molecular formula is C16H17FO2. The molecule has 0 aliphatic carbocycles. The molecule has 100 valence electrons. The molecule has 2 rings (SSSR count). The van der Waals surface area contributed by atoms with Crippen molar-refractivity contribution < 1.29 is 14.2 Å². The number of ether oxygens (including phenoxy) is 1. The third-order valence-electron chi connectivity index (χ3n) is 2.94. The Hall–Kier alpha value is -1.87. The lowest BCUT2D eigenvalue weighted by Crippen LogP contribution is -2.01. The molecule has 19 heavy (non-hydrogen) atoms. The van der Waals surface area contributed by atoms with E-state index in [0.717, 1.165) is 5.56 Å². The van der Waals surface area contributed by atoms with Gasteiger partial charge in [0, 0.05) is 5.56 Å². The molecule has 2 nitrogen and oxygen atoms in total. The third kappa shape index (κ3) is 3.55. The summed E-state index contributed by atoms with van der Waals surface area (Å²) in [4.78, 5) is 0. The number of hydrogen-bond donors (Lipinski definition) is 1. The number of benzene rings is 2. The minimum Gasteiger partial charge on any atom is -0.489 e. The number of rotatable bonds is 4. The molecule has 0 radical (unpaired) electrons. The molecule has 0 amide bonds. The molecular weight excluding hydrogens is 243 g/mol. The monoisotopic (exact) mass is 260 g/mol. The molecule has 1 atom stereocenters. The smallest absolute Gasteiger partial charge is 0.125 e. The van der Waals surface area contributed by atoms with Gasteiger partial charge in [-0.15, -0.1) is 0 Å². The second-order valence-electron chi connectivity index (χ2n) is 4.63. The Kier molecular flexibility index (Phi) is 4.17. The minimum atomic E-state index is -0.760. The summed E-state index contributed by atoms with van der Waals surface area (Å²) in [5.41, 5.74) is 2.69. The summed E-state index contributed by atoms with van der Waals surface area (Å²) >= 11 is 0. The molecule has 0 saturated heterocycles. The van der Waals surface area contributed by atoms with Crippen LogP contribution in [0.3, 0.4) is 0 Å². The highest BCUT2D eigenvalue weighted by Gasteiger charge is 2.10. The van der Waals surface area contributed by atoms with Gasteiger partial charge in [0.1, 0.15) is 18.2 Å². The molecule has 3 heteroatoms. The molecule has 2 aromatic carbocycles. The number of aliphatic hydroxyl groups is 1. The van der Waals surface area contributed by atoms with Gasteiger partial charge in [0.15, 0.2) is 0 Å². The number of aliphatic hydroxyl groups excluding tert-OH is 1. The van der Waals surface area contributed by atoms with E-state index in [4.69, 9.17) is 4.74 Å². The van der Waals surface area contributed by atoms with E-state index in [1.54, 1.807) is 13.0 Å². The van der Waals surface area contributed by atoms with Crippen molar-refractivity contribution in [2.75, 3.05) is 0 Å². The maximum absolute atomic E-state index is 13.1. The standard InChI is InChI=1S/C16H17FO2/c1-11-3-5-13(6-4-11)10-19-16-8-7-14(17)9-15(16)12(2)18/h3-9,12,18H,10H2,1-2H3/t12-/m0/s1. The summed E-state index contributed by atoms with van der Waals surface area (Å²) in [5.74, 6) is 0.135. The Morgan fingerprint density at radius 3 is 2.47 bits per heavy atom. The van der Waals surface area contributed by atoms with Crippen molar-refractivity contribution in [1.29, 1.82) is 0 Å². The molecule has 0 heterocycles. The predicted molar refractivity (Wildman–Crippen MR) is 72.5 cm³/mol. The third-order valence-corrected chi connectivity index (χ3v) is 2.94. The average Bonchev–Trinajstić information content (AvgIpc) is 2.39. The van der Waals surface area contributed by atoms with E-state index < -0.39 is 6.10 Å². The lowest BCUT2D eigenvalue weighted by molar-refractivity contribution is 0.189. The van der Waals surface area contributed by atoms with E-state index in [-0.39, 0.29) is 5.82 Å². The van der Waals surface area contributed by atoms with Crippen molar-refractivity contribution in [3.63, 3.8) is 0 Å². The second-order valence-corrected chi connectivity index (χ2v) is 4.63. The summed E-state index contributed by atoms with van der Waals surface area (Å²) in [5, 5.41) is 9.62. The Morgan fingerprint density at radius 2 is 1.84 bits per heavy atom. The molecule has 0 unspecified atom stereocenters. The van der Waals surface area contributed by atoms with Crippen LogP contribution in [0, 0.1) is 12.7 Å². The van der Waals surface area contributed by atoms with Crippen LogP contribution in [0.4, 0.5) is 4.39 Å². The summed E-state index contributed by atoms with van der Waals surface area (Å²) in [6.45, 7) is 4.01. The fourth-order valence-electron chi connectivity index (χ4n) is 1.82. The number of halogens is 1. The van der Waals surface area contributed by atoms with E-state index in [2.05, 4.69) is 0 Å². The first-order chi connectivity index (χ1) is 9.06. The van der Waals surface area contributed by atoms with Gasteiger partial charge in [-0.25, -0.2) is 4.39 Å². The van der Waals surface area contributed by atoms with Gasteiger partial charge >= 0.3 is 0 Å². The van der Waals surface area contributed by atoms with E-state index in [1.807, 2.05) is 31.2 Å². The van der Waals surface area contributed by atoms with Crippen molar-refractivity contribution in [3.05, 3.63) is 65.0 Å². The zero-order valence-corrected chi connectivity index (χ0v) is 11.1. The van der Waals surface area contributed by atoms with E-state index in [0.29, 0.717) is 17.9 Å². The summed E-state index contributed by atoms with van der Waals surface area (Å²) in [7, 11) is 0. The molecule has 0 aromatic heterocycles. The second kappa shape index (κ2) is 5.85. The normalized spacial score (nSPS) is 12.2. The Balaban J connectivity index is 2.13. The summed E-state index contributed by atoms with van der Waals surface area (Å²) in [6.07, 6.45) is -0.760. The highest BCUT2D eigenvalue weighted by molar-refractivity contribution is 5.35. The van der Waals surface area contributed by atoms with Crippen molar-refractivity contribution in [3.8, 4) is 5.75 Å². The molecule has 0 saturated carbocycles. The van der Waals surface area contributed by atoms with Crippen molar-refractivity contribution in [2.45, 2.75) is 26.6 Å². The SMILES string of the molecule is Cc1ccc(COc2ccc(F)cc2[C@H](C)O)cc1. The quantitative estimate of drug-likeness (QED) is 0.906. The molecule has 0 bridgehead atoms. The Labute approximate surface area is 112 Å². The summed E-state index contributed by atoms with van der Waals surface area (Å²) < 4.78 is 18.8. The molecule has 0 fully saturated rings. The maximum atomic E-state index is 13.1. The lowest BCUT2D eigenvalue weighted by Gasteiger charge is -2.13. The van der Waals surface area contributed by atoms with Crippen LogP contribution >= 0.6 is 0 Å². The first-order valence-corrected chi connectivity index (χ1v) is 6.22. The van der Waals surface area contributed by atoms with Gasteiger partial charge in [0.2, 0.25) is 0 Å². The van der Waals surface area contributed by atoms with Crippen molar-refractivity contribution in [2.24, 2.45) is 0 Å². The molecule has 0 spiro atoms. The topological polar surface area (TPSA) is 29.5 Å². The van der Waals surface area contributed by atoms with Gasteiger partial charge < -0.3 is 9.84 Å². The van der Waals surface area contributed by atoms with Gasteiger partial charge in [0.25, 0.3) is 0 Å². The van der Waals surface area contributed by atoms with Crippen LogP contribution in [0.1, 0.15) is 29.7 Å². The van der Waals surface area contributed by atoms with Crippen LogP contribution < -0.4 is 4.74 Å². The van der Waals surface area contributed by atoms with Crippen LogP contribution in [0.15, 0.2) is 42.5 Å². The molecule has 1 N–H and O–H groups in total. The summed E-state index contributed by atoms with van der Waals surface area (Å²) in [6, 6.07) is 12.2. The fraction of sp³-hybridized carbons (Fsp3) is 0.250. The van der Waals surface area contributed by atoms with Crippen LogP contribution in [0.5, 0.6) is 5.75 Å². The van der Waals surface area contributed by atoms with Gasteiger partial charge in [-0.1, -0.05) is 29.8 Å². The zero-order chi connectivity index (χ0) is 13.8. The van der Waals surface area contributed by atoms with Gasteiger partial charge in [0.05, 0.1) is 6.10 Å². The number of aryl methyl sites for hydroxylation is 1. The number of hydrogen-bond acceptors (Lipinski definition) is 2. The zero-order valence-electron chi connectivity index (χ0n) is 11.1. The van der Waals surface area contributed by atoms with Gasteiger partial charge in [-0.3, -0.25) is 0 Å². The average molecular weight is 260 g/mol. The Bertz CT molecular complexity index is 547. The molecule has 0 aliphatic rings. The van der Waals surface area contributed by atoms with Gasteiger partial charge in [-0.2, -0.15) is 0 Å². The van der Waals surface area contributed by atoms with E-state index in [1.165, 1.54) is 17.7 Å². The van der Waals surface area contributed by atoms with Gasteiger partial charge in [-0.05, 0) is 37.6 Å². The highest BCUT2D eigenvalue weighted by atomic mass is 19.1. The maximum Gasteiger partial charge on any atom is 0.125 e. The van der Waals surface area contributed by atoms with Crippen molar-refractivity contribution >= 4 is 0 Å². The van der Waals surface area contributed by atoms with Crippen LogP contribution in [-0.2, 0) is 6.61 Å². The van der Waals surface area contributed by atoms with Crippen LogP contribution in [0.2, 0.25) is 0 Å². The molecule has 2 aromatic rings. The predicted octanol–water partition coefficient (Wildman–Crippen LogP) is 3.77. The van der Waals surface area contributed by atoms with Crippen molar-refractivity contribution in [1.82, 2.24) is 0 Å². The Morgan fingerprint density at radius 1 is 1.16 bits per heavy atom. The van der Waals surface area contributed by atoms with E-state index >= 15 is 0 Å². The first kappa shape index (κ1) is 13.6. The largest absolute Gasteiger partial charge is 0.489 e. The van der Waals surface area contributed by atoms with E-state index in [9.17, 15) is 9.50 Å². The minimum absolute atomic E-state index is 0.376. The van der Waals surface area contributed by atoms with Crippen LogP contribution in [-0.4, -0.2) is 5.11 Å². The lowest BCUT2D eigenvalue weighted by atomic mass is 10.1. The fourth-order valence-corrected chi connectivity index (χ4v) is 1.82. The first-order valence-electron chi connectivity index (χ1n) is 6.22. The molecule has 0 aliphatic heterocycles.